The molecule has 0 bridgehead atoms. The molecule has 0 radical (unpaired) electrons. The zero-order valence-electron chi connectivity index (χ0n) is 31.3. The molecule has 7 aromatic rings. The second kappa shape index (κ2) is 13.9. The minimum absolute atomic E-state index is 0. The van der Waals surface area contributed by atoms with Gasteiger partial charge in [-0.25, -0.2) is 4.98 Å². The van der Waals surface area contributed by atoms with Gasteiger partial charge in [0, 0.05) is 28.8 Å². The number of aromatic nitrogens is 4. The van der Waals surface area contributed by atoms with E-state index in [-0.39, 0.29) is 31.8 Å². The average molecular weight is 765 g/mol. The summed E-state index contributed by atoms with van der Waals surface area (Å²) in [5.41, 5.74) is 13.6. The van der Waals surface area contributed by atoms with E-state index < -0.39 is 0 Å². The molecule has 0 saturated carbocycles. The second-order valence-electron chi connectivity index (χ2n) is 15.0. The van der Waals surface area contributed by atoms with E-state index in [1.807, 2.05) is 12.3 Å². The molecule has 51 heavy (non-hydrogen) atoms. The Balaban J connectivity index is 0.00000448. The van der Waals surface area contributed by atoms with Crippen LogP contribution in [0.4, 0.5) is 0 Å². The minimum Gasteiger partial charge on any atom is -0.509 e. The van der Waals surface area contributed by atoms with Crippen LogP contribution in [-0.4, -0.2) is 19.3 Å². The molecule has 0 aliphatic rings. The smallest absolute Gasteiger partial charge is 0.509 e. The van der Waals surface area contributed by atoms with Gasteiger partial charge in [0.05, 0.1) is 11.4 Å². The molecular formula is C45H46N4OPd. The van der Waals surface area contributed by atoms with E-state index in [9.17, 15) is 0 Å². The SMILES string of the molecule is CCc1ccnc(-n2c3[c-]c(Oc4[c-]c(-n5nc(C)c(-c6c(C)cc(C)cc6C)c5C(C)C)cc(C(C)(C)C)c4)ccc3c3ccccc32)c1.[Pd+2]. The van der Waals surface area contributed by atoms with E-state index in [4.69, 9.17) is 14.8 Å². The largest absolute Gasteiger partial charge is 2.00 e. The summed E-state index contributed by atoms with van der Waals surface area (Å²) in [4.78, 5) is 4.78. The minimum atomic E-state index is -0.134. The third-order valence-electron chi connectivity index (χ3n) is 9.72. The van der Waals surface area contributed by atoms with Crippen LogP contribution in [0.15, 0.2) is 79.0 Å². The van der Waals surface area contributed by atoms with Gasteiger partial charge < -0.3 is 9.30 Å². The molecule has 4 aromatic carbocycles. The zero-order chi connectivity index (χ0) is 35.5. The summed E-state index contributed by atoms with van der Waals surface area (Å²) in [6, 6.07) is 32.9. The Bertz CT molecular complexity index is 2380. The first-order valence-corrected chi connectivity index (χ1v) is 17.7. The van der Waals surface area contributed by atoms with Crippen LogP contribution in [0.3, 0.4) is 0 Å². The Morgan fingerprint density at radius 1 is 0.804 bits per heavy atom. The number of fused-ring (bicyclic) bond motifs is 3. The Labute approximate surface area is 316 Å². The van der Waals surface area contributed by atoms with Crippen LogP contribution in [-0.2, 0) is 32.3 Å². The zero-order valence-corrected chi connectivity index (χ0v) is 32.9. The van der Waals surface area contributed by atoms with Crippen LogP contribution in [0.2, 0.25) is 0 Å². The predicted molar refractivity (Wildman–Crippen MR) is 206 cm³/mol. The van der Waals surface area contributed by atoms with Crippen LogP contribution >= 0.6 is 0 Å². The number of nitrogens with zero attached hydrogens (tertiary/aromatic N) is 4. The summed E-state index contributed by atoms with van der Waals surface area (Å²) >= 11 is 0. The first-order valence-electron chi connectivity index (χ1n) is 17.7. The predicted octanol–water partition coefficient (Wildman–Crippen LogP) is 11.6. The van der Waals surface area contributed by atoms with Gasteiger partial charge in [-0.05, 0) is 97.0 Å². The van der Waals surface area contributed by atoms with Crippen molar-refractivity contribution >= 4 is 21.8 Å². The third-order valence-corrected chi connectivity index (χ3v) is 9.72. The van der Waals surface area contributed by atoms with Crippen molar-refractivity contribution in [3.8, 4) is 34.1 Å². The molecule has 262 valence electrons. The summed E-state index contributed by atoms with van der Waals surface area (Å²) in [6.45, 7) is 22.0. The van der Waals surface area contributed by atoms with Crippen molar-refractivity contribution in [2.45, 2.75) is 87.0 Å². The first-order chi connectivity index (χ1) is 23.8. The van der Waals surface area contributed by atoms with Crippen molar-refractivity contribution in [1.82, 2.24) is 19.3 Å². The molecule has 0 spiro atoms. The summed E-state index contributed by atoms with van der Waals surface area (Å²) in [5, 5.41) is 7.45. The average Bonchev–Trinajstić information content (AvgIpc) is 3.58. The van der Waals surface area contributed by atoms with Gasteiger partial charge in [0.25, 0.3) is 0 Å². The van der Waals surface area contributed by atoms with E-state index >= 15 is 0 Å². The topological polar surface area (TPSA) is 44.9 Å². The molecule has 5 nitrogen and oxygen atoms in total. The quantitative estimate of drug-likeness (QED) is 0.120. The van der Waals surface area contributed by atoms with Gasteiger partial charge >= 0.3 is 20.4 Å². The van der Waals surface area contributed by atoms with Crippen molar-refractivity contribution in [2.75, 3.05) is 0 Å². The van der Waals surface area contributed by atoms with E-state index in [0.717, 1.165) is 51.0 Å². The summed E-state index contributed by atoms with van der Waals surface area (Å²) in [5.74, 6) is 2.34. The molecule has 3 heterocycles. The monoisotopic (exact) mass is 764 g/mol. The maximum absolute atomic E-state index is 6.70. The maximum Gasteiger partial charge on any atom is 2.00 e. The van der Waals surface area contributed by atoms with Gasteiger partial charge in [-0.3, -0.25) is 4.68 Å². The number of para-hydroxylation sites is 1. The number of pyridine rings is 1. The number of ether oxygens (including phenoxy) is 1. The van der Waals surface area contributed by atoms with Gasteiger partial charge in [-0.1, -0.05) is 83.0 Å². The Kier molecular flexibility index (Phi) is 9.90. The first kappa shape index (κ1) is 36.3. The standard InChI is InChI=1S/C45H46N4O.Pd/c1-11-32-18-19-46-41(22-32)48-39-15-13-12-14-37(39)38-17-16-35(26-40(38)48)50-36-24-33(45(8,9)10)23-34(25-36)49-44(27(2)3)43(31(7)47-49)42-29(5)20-28(4)21-30(42)6;/h12-24,27H,11H2,1-10H3;/q-2;+2. The van der Waals surface area contributed by atoms with Gasteiger partial charge in [0.2, 0.25) is 0 Å². The molecule has 7 rings (SSSR count). The third kappa shape index (κ3) is 6.68. The number of hydrogen-bond acceptors (Lipinski definition) is 3. The van der Waals surface area contributed by atoms with Crippen molar-refractivity contribution in [1.29, 1.82) is 0 Å². The van der Waals surface area contributed by atoms with Gasteiger partial charge in [0.15, 0.2) is 0 Å². The second-order valence-corrected chi connectivity index (χ2v) is 15.0. The van der Waals surface area contributed by atoms with Crippen LogP contribution in [0.25, 0.3) is 44.4 Å². The van der Waals surface area contributed by atoms with E-state index in [2.05, 4.69) is 157 Å². The number of aryl methyl sites for hydroxylation is 5. The molecule has 0 unspecified atom stereocenters. The van der Waals surface area contributed by atoms with Crippen LogP contribution in [0.5, 0.6) is 11.5 Å². The molecule has 0 atom stereocenters. The van der Waals surface area contributed by atoms with Crippen molar-refractivity contribution in [3.05, 3.63) is 130 Å². The van der Waals surface area contributed by atoms with Gasteiger partial charge in [-0.2, -0.15) is 11.2 Å². The van der Waals surface area contributed by atoms with E-state index in [1.54, 1.807) is 0 Å². The summed E-state index contributed by atoms with van der Waals surface area (Å²) < 4.78 is 11.0. The molecule has 6 heteroatoms. The number of rotatable bonds is 7. The van der Waals surface area contributed by atoms with Gasteiger partial charge in [-0.15, -0.1) is 41.3 Å². The van der Waals surface area contributed by atoms with E-state index in [0.29, 0.717) is 11.5 Å². The summed E-state index contributed by atoms with van der Waals surface area (Å²) in [6.07, 6.45) is 2.83. The Morgan fingerprint density at radius 2 is 1.53 bits per heavy atom. The molecular weight excluding hydrogens is 719 g/mol. The summed E-state index contributed by atoms with van der Waals surface area (Å²) in [7, 11) is 0. The maximum atomic E-state index is 6.70. The van der Waals surface area contributed by atoms with Crippen molar-refractivity contribution < 1.29 is 25.2 Å². The normalized spacial score (nSPS) is 11.8. The molecule has 0 saturated heterocycles. The van der Waals surface area contributed by atoms with Crippen LogP contribution in [0.1, 0.15) is 86.7 Å². The van der Waals surface area contributed by atoms with E-state index in [1.165, 1.54) is 39.1 Å². The Hall–Kier alpha value is -4.50. The fourth-order valence-corrected chi connectivity index (χ4v) is 7.37. The van der Waals surface area contributed by atoms with Crippen LogP contribution in [0, 0.1) is 39.8 Å². The van der Waals surface area contributed by atoms with Crippen molar-refractivity contribution in [3.63, 3.8) is 0 Å². The van der Waals surface area contributed by atoms with Crippen molar-refractivity contribution in [2.24, 2.45) is 0 Å². The fraction of sp³-hybridized carbons (Fsp3) is 0.289. The Morgan fingerprint density at radius 3 is 2.22 bits per heavy atom. The molecule has 0 aliphatic carbocycles. The fourth-order valence-electron chi connectivity index (χ4n) is 7.37. The molecule has 3 aromatic heterocycles. The van der Waals surface area contributed by atoms with Crippen LogP contribution < -0.4 is 4.74 Å². The number of hydrogen-bond donors (Lipinski definition) is 0. The van der Waals surface area contributed by atoms with Gasteiger partial charge in [0.1, 0.15) is 5.82 Å². The number of benzene rings is 4. The molecule has 0 fully saturated rings. The molecule has 0 aliphatic heterocycles. The molecule has 0 N–H and O–H groups in total. The molecule has 0 amide bonds.